The summed E-state index contributed by atoms with van der Waals surface area (Å²) >= 11 is 0. The van der Waals surface area contributed by atoms with Gasteiger partial charge in [-0.2, -0.15) is 0 Å². The molecular formula is C5H5Si. The zero-order valence-electron chi connectivity index (χ0n) is 3.44. The molecule has 0 saturated heterocycles. The van der Waals surface area contributed by atoms with Gasteiger partial charge in [-0.1, -0.05) is 23.4 Å². The van der Waals surface area contributed by atoms with Crippen LogP contribution in [-0.2, 0) is 0 Å². The molecule has 0 aromatic carbocycles. The van der Waals surface area contributed by atoms with Gasteiger partial charge in [-0.15, -0.1) is 0 Å². The number of rotatable bonds is 0. The maximum Gasteiger partial charge on any atom is 0.0707 e. The summed E-state index contributed by atoms with van der Waals surface area (Å²) in [5.41, 5.74) is 0. The van der Waals surface area contributed by atoms with Gasteiger partial charge in [-0.3, -0.25) is 0 Å². The zero-order chi connectivity index (χ0) is 4.41. The Morgan fingerprint density at radius 2 is 2.50 bits per heavy atom. The third-order valence-electron chi connectivity index (χ3n) is 0.771. The Bertz CT molecular complexity index is 97.8. The van der Waals surface area contributed by atoms with E-state index in [0.717, 1.165) is 6.42 Å². The van der Waals surface area contributed by atoms with E-state index in [1.807, 2.05) is 0 Å². The van der Waals surface area contributed by atoms with Gasteiger partial charge in [0.1, 0.15) is 0 Å². The van der Waals surface area contributed by atoms with Crippen molar-refractivity contribution in [3.05, 3.63) is 23.4 Å². The Labute approximate surface area is 41.0 Å². The van der Waals surface area contributed by atoms with Crippen molar-refractivity contribution in [1.82, 2.24) is 0 Å². The maximum atomic E-state index is 3.36. The molecule has 0 unspecified atom stereocenters. The average molecular weight is 93.2 g/mol. The van der Waals surface area contributed by atoms with Crippen molar-refractivity contribution in [3.63, 3.8) is 0 Å². The third-order valence-corrected chi connectivity index (χ3v) is 1.14. The summed E-state index contributed by atoms with van der Waals surface area (Å²) in [7, 11) is 3.36. The quantitative estimate of drug-likeness (QED) is 0.392. The lowest BCUT2D eigenvalue weighted by molar-refractivity contribution is 1.45. The molecule has 0 aromatic rings. The van der Waals surface area contributed by atoms with Gasteiger partial charge in [-0.25, -0.2) is 0 Å². The fraction of sp³-hybridized carbons (Fsp3) is 0.200. The molecule has 0 nitrogen and oxygen atoms in total. The number of allylic oxidation sites excluding steroid dienone is 4. The number of hydrogen-bond donors (Lipinski definition) is 0. The second-order valence-electron chi connectivity index (χ2n) is 1.30. The molecule has 0 spiro atoms. The van der Waals surface area contributed by atoms with Crippen molar-refractivity contribution in [3.8, 4) is 0 Å². The van der Waals surface area contributed by atoms with Crippen molar-refractivity contribution in [1.29, 1.82) is 0 Å². The van der Waals surface area contributed by atoms with E-state index < -0.39 is 0 Å². The molecule has 3 radical (unpaired) electrons. The first-order valence-corrected chi connectivity index (χ1v) is 2.48. The smallest absolute Gasteiger partial charge is 0.0707 e. The lowest BCUT2D eigenvalue weighted by Crippen LogP contribution is -1.63. The van der Waals surface area contributed by atoms with Crippen LogP contribution in [0.4, 0.5) is 0 Å². The zero-order valence-corrected chi connectivity index (χ0v) is 4.44. The van der Waals surface area contributed by atoms with Gasteiger partial charge < -0.3 is 0 Å². The Balaban J connectivity index is 2.68. The molecular weight excluding hydrogens is 88.1 g/mol. The molecule has 1 rings (SSSR count). The highest BCUT2D eigenvalue weighted by Crippen LogP contribution is 2.02. The summed E-state index contributed by atoms with van der Waals surface area (Å²) in [5.74, 6) is 0. The van der Waals surface area contributed by atoms with Crippen molar-refractivity contribution in [2.75, 3.05) is 0 Å². The molecule has 29 valence electrons. The van der Waals surface area contributed by atoms with Crippen molar-refractivity contribution >= 4 is 10.2 Å². The van der Waals surface area contributed by atoms with E-state index in [1.165, 1.54) is 5.20 Å². The van der Waals surface area contributed by atoms with E-state index in [2.05, 4.69) is 28.5 Å². The predicted molar refractivity (Wildman–Crippen MR) is 27.6 cm³/mol. The normalized spacial score (nSPS) is 18.5. The second-order valence-corrected chi connectivity index (χ2v) is 1.87. The highest BCUT2D eigenvalue weighted by Gasteiger charge is 1.84. The van der Waals surface area contributed by atoms with Crippen LogP contribution in [0.15, 0.2) is 23.4 Å². The summed E-state index contributed by atoms with van der Waals surface area (Å²) < 4.78 is 0. The van der Waals surface area contributed by atoms with E-state index in [-0.39, 0.29) is 0 Å². The average Bonchev–Trinajstić information content (AvgIpc) is 1.86. The monoisotopic (exact) mass is 93.0 g/mol. The van der Waals surface area contributed by atoms with Crippen LogP contribution in [0.3, 0.4) is 0 Å². The SMILES string of the molecule is [Si]C1=CCC=C1. The highest BCUT2D eigenvalue weighted by molar-refractivity contribution is 6.23. The first kappa shape index (κ1) is 3.87. The summed E-state index contributed by atoms with van der Waals surface area (Å²) in [6.45, 7) is 0. The minimum atomic E-state index is 1.10. The second kappa shape index (κ2) is 1.43. The summed E-state index contributed by atoms with van der Waals surface area (Å²) in [4.78, 5) is 0. The minimum absolute atomic E-state index is 1.10. The van der Waals surface area contributed by atoms with Crippen molar-refractivity contribution in [2.24, 2.45) is 0 Å². The van der Waals surface area contributed by atoms with Crippen LogP contribution < -0.4 is 0 Å². The molecule has 0 fully saturated rings. The summed E-state index contributed by atoms with van der Waals surface area (Å²) in [6.07, 6.45) is 7.38. The van der Waals surface area contributed by atoms with Gasteiger partial charge in [0.25, 0.3) is 0 Å². The lowest BCUT2D eigenvalue weighted by atomic mass is 10.5. The molecule has 0 atom stereocenters. The van der Waals surface area contributed by atoms with Crippen molar-refractivity contribution < 1.29 is 0 Å². The standard InChI is InChI=1S/C5H5Si/c6-5-3-1-2-4-5/h1,3-4H,2H2. The van der Waals surface area contributed by atoms with Crippen LogP contribution in [0.25, 0.3) is 0 Å². The van der Waals surface area contributed by atoms with E-state index in [4.69, 9.17) is 0 Å². The number of hydrogen-bond acceptors (Lipinski definition) is 0. The van der Waals surface area contributed by atoms with Crippen LogP contribution >= 0.6 is 0 Å². The topological polar surface area (TPSA) is 0 Å². The van der Waals surface area contributed by atoms with E-state index >= 15 is 0 Å². The van der Waals surface area contributed by atoms with Gasteiger partial charge in [0.15, 0.2) is 0 Å². The molecule has 0 aromatic heterocycles. The Morgan fingerprint density at radius 3 is 2.67 bits per heavy atom. The van der Waals surface area contributed by atoms with Gasteiger partial charge in [0.05, 0.1) is 10.2 Å². The molecule has 0 saturated carbocycles. The first-order chi connectivity index (χ1) is 2.89. The fourth-order valence-corrected chi connectivity index (χ4v) is 0.694. The van der Waals surface area contributed by atoms with Crippen LogP contribution in [0, 0.1) is 0 Å². The van der Waals surface area contributed by atoms with Crippen LogP contribution in [0.5, 0.6) is 0 Å². The Hall–Kier alpha value is -0.303. The Kier molecular flexibility index (Phi) is 0.924. The summed E-state index contributed by atoms with van der Waals surface area (Å²) in [6, 6.07) is 0. The minimum Gasteiger partial charge on any atom is -0.0823 e. The molecule has 1 heteroatoms. The molecule has 0 aliphatic heterocycles. The first-order valence-electron chi connectivity index (χ1n) is 1.98. The third kappa shape index (κ3) is 0.600. The van der Waals surface area contributed by atoms with E-state index in [9.17, 15) is 0 Å². The lowest BCUT2D eigenvalue weighted by Gasteiger charge is -1.72. The fourth-order valence-electron chi connectivity index (χ4n) is 0.458. The van der Waals surface area contributed by atoms with Crippen LogP contribution in [0.2, 0.25) is 0 Å². The van der Waals surface area contributed by atoms with Gasteiger partial charge in [0, 0.05) is 0 Å². The van der Waals surface area contributed by atoms with E-state index in [0.29, 0.717) is 0 Å². The van der Waals surface area contributed by atoms with Crippen LogP contribution in [-0.4, -0.2) is 10.2 Å². The molecule has 0 N–H and O–H groups in total. The molecule has 0 bridgehead atoms. The van der Waals surface area contributed by atoms with Gasteiger partial charge in [-0.05, 0) is 6.42 Å². The molecule has 0 heterocycles. The summed E-state index contributed by atoms with van der Waals surface area (Å²) in [5, 5.41) is 1.20. The molecule has 1 aliphatic carbocycles. The Morgan fingerprint density at radius 1 is 1.67 bits per heavy atom. The maximum absolute atomic E-state index is 3.36. The largest absolute Gasteiger partial charge is 0.0823 e. The predicted octanol–water partition coefficient (Wildman–Crippen LogP) is 0.999. The molecule has 6 heavy (non-hydrogen) atoms. The van der Waals surface area contributed by atoms with Crippen LogP contribution in [0.1, 0.15) is 6.42 Å². The van der Waals surface area contributed by atoms with Gasteiger partial charge >= 0.3 is 0 Å². The van der Waals surface area contributed by atoms with Crippen molar-refractivity contribution in [2.45, 2.75) is 6.42 Å². The molecule has 0 amide bonds. The van der Waals surface area contributed by atoms with Gasteiger partial charge in [0.2, 0.25) is 0 Å². The van der Waals surface area contributed by atoms with E-state index in [1.54, 1.807) is 0 Å². The molecule has 1 aliphatic rings. The highest BCUT2D eigenvalue weighted by atomic mass is 28.1.